The van der Waals surface area contributed by atoms with Crippen molar-refractivity contribution in [3.05, 3.63) is 42.2 Å². The molecule has 1 N–H and O–H groups in total. The lowest BCUT2D eigenvalue weighted by molar-refractivity contribution is 0.0730. The molecule has 3 rings (SSSR count). The standard InChI is InChI=1S/C15H19N5O4S/c21-15(16-7-8-20-17-5-6-18-20)13-1-3-14(4-2-13)25(22,23)19-9-11-24-12-10-19/h1-6H,7-12H2,(H,16,21). The molecule has 0 saturated carbocycles. The number of benzene rings is 1. The van der Waals surface area contributed by atoms with Crippen LogP contribution < -0.4 is 5.32 Å². The number of morpholine rings is 1. The van der Waals surface area contributed by atoms with Gasteiger partial charge in [-0.05, 0) is 24.3 Å². The number of hydrogen-bond donors (Lipinski definition) is 1. The predicted octanol–water partition coefficient (Wildman–Crippen LogP) is -0.271. The minimum atomic E-state index is -3.55. The van der Waals surface area contributed by atoms with Crippen molar-refractivity contribution in [2.45, 2.75) is 11.4 Å². The maximum absolute atomic E-state index is 12.5. The van der Waals surface area contributed by atoms with E-state index in [-0.39, 0.29) is 10.8 Å². The second-order valence-corrected chi connectivity index (χ2v) is 7.36. The van der Waals surface area contributed by atoms with E-state index in [0.29, 0.717) is 45.0 Å². The van der Waals surface area contributed by atoms with E-state index in [4.69, 9.17) is 4.74 Å². The normalized spacial score (nSPS) is 15.8. The van der Waals surface area contributed by atoms with Crippen molar-refractivity contribution in [1.29, 1.82) is 0 Å². The Balaban J connectivity index is 1.60. The molecule has 0 radical (unpaired) electrons. The predicted molar refractivity (Wildman–Crippen MR) is 88.4 cm³/mol. The zero-order valence-electron chi connectivity index (χ0n) is 13.5. The molecule has 1 aromatic heterocycles. The van der Waals surface area contributed by atoms with Gasteiger partial charge in [0.15, 0.2) is 0 Å². The Hall–Kier alpha value is -2.30. The summed E-state index contributed by atoms with van der Waals surface area (Å²) in [6.45, 7) is 2.30. The van der Waals surface area contributed by atoms with Crippen molar-refractivity contribution >= 4 is 15.9 Å². The summed E-state index contributed by atoms with van der Waals surface area (Å²) in [6.07, 6.45) is 3.13. The van der Waals surface area contributed by atoms with Gasteiger partial charge in [-0.3, -0.25) is 4.79 Å². The molecule has 1 aromatic carbocycles. The molecule has 25 heavy (non-hydrogen) atoms. The third-order valence-corrected chi connectivity index (χ3v) is 5.70. The molecule has 10 heteroatoms. The number of nitrogens with zero attached hydrogens (tertiary/aromatic N) is 4. The maximum Gasteiger partial charge on any atom is 0.251 e. The van der Waals surface area contributed by atoms with Gasteiger partial charge in [0.2, 0.25) is 10.0 Å². The zero-order chi connectivity index (χ0) is 17.7. The lowest BCUT2D eigenvalue weighted by Crippen LogP contribution is -2.40. The first-order valence-electron chi connectivity index (χ1n) is 7.87. The third-order valence-electron chi connectivity index (χ3n) is 3.79. The number of aromatic nitrogens is 3. The highest BCUT2D eigenvalue weighted by molar-refractivity contribution is 7.89. The second kappa shape index (κ2) is 7.72. The van der Waals surface area contributed by atoms with Crippen LogP contribution in [0.4, 0.5) is 0 Å². The van der Waals surface area contributed by atoms with E-state index < -0.39 is 10.0 Å². The Morgan fingerprint density at radius 3 is 2.40 bits per heavy atom. The Morgan fingerprint density at radius 1 is 1.12 bits per heavy atom. The Kier molecular flexibility index (Phi) is 5.41. The quantitative estimate of drug-likeness (QED) is 0.755. The van der Waals surface area contributed by atoms with Crippen molar-refractivity contribution in [2.75, 3.05) is 32.8 Å². The van der Waals surface area contributed by atoms with Gasteiger partial charge in [-0.15, -0.1) is 0 Å². The molecule has 0 aliphatic carbocycles. The molecule has 134 valence electrons. The SMILES string of the molecule is O=C(NCCn1nccn1)c1ccc(S(=O)(=O)N2CCOCC2)cc1. The van der Waals surface area contributed by atoms with Crippen LogP contribution in [0.3, 0.4) is 0 Å². The summed E-state index contributed by atoms with van der Waals surface area (Å²) in [4.78, 5) is 13.7. The zero-order valence-corrected chi connectivity index (χ0v) is 14.4. The van der Waals surface area contributed by atoms with E-state index in [0.717, 1.165) is 0 Å². The van der Waals surface area contributed by atoms with Crippen LogP contribution in [-0.4, -0.2) is 66.5 Å². The average Bonchev–Trinajstić information content (AvgIpc) is 3.16. The van der Waals surface area contributed by atoms with Gasteiger partial charge >= 0.3 is 0 Å². The van der Waals surface area contributed by atoms with Crippen LogP contribution in [0.15, 0.2) is 41.6 Å². The topological polar surface area (TPSA) is 106 Å². The van der Waals surface area contributed by atoms with Crippen molar-refractivity contribution in [3.63, 3.8) is 0 Å². The van der Waals surface area contributed by atoms with Crippen LogP contribution in [0.2, 0.25) is 0 Å². The van der Waals surface area contributed by atoms with Crippen LogP contribution in [-0.2, 0) is 21.3 Å². The average molecular weight is 365 g/mol. The Labute approximate surface area is 145 Å². The Morgan fingerprint density at radius 2 is 1.76 bits per heavy atom. The largest absolute Gasteiger partial charge is 0.379 e. The van der Waals surface area contributed by atoms with Crippen LogP contribution in [0, 0.1) is 0 Å². The summed E-state index contributed by atoms with van der Waals surface area (Å²) in [6, 6.07) is 5.92. The fourth-order valence-corrected chi connectivity index (χ4v) is 3.85. The van der Waals surface area contributed by atoms with E-state index in [1.807, 2.05) is 0 Å². The first-order chi connectivity index (χ1) is 12.1. The summed E-state index contributed by atoms with van der Waals surface area (Å²) in [7, 11) is -3.55. The number of nitrogens with one attached hydrogen (secondary N) is 1. The van der Waals surface area contributed by atoms with Crippen LogP contribution in [0.1, 0.15) is 10.4 Å². The summed E-state index contributed by atoms with van der Waals surface area (Å²) in [5.74, 6) is -0.275. The molecule has 0 bridgehead atoms. The van der Waals surface area contributed by atoms with Crippen molar-refractivity contribution < 1.29 is 17.9 Å². The highest BCUT2D eigenvalue weighted by atomic mass is 32.2. The summed E-state index contributed by atoms with van der Waals surface area (Å²) in [5, 5.41) is 10.6. The lowest BCUT2D eigenvalue weighted by Gasteiger charge is -2.26. The first-order valence-corrected chi connectivity index (χ1v) is 9.31. The third kappa shape index (κ3) is 4.21. The van der Waals surface area contributed by atoms with Gasteiger partial charge in [0.25, 0.3) is 5.91 Å². The molecule has 1 fully saturated rings. The summed E-state index contributed by atoms with van der Waals surface area (Å²) < 4.78 is 31.6. The number of carbonyl (C=O) groups is 1. The smallest absolute Gasteiger partial charge is 0.251 e. The van der Waals surface area contributed by atoms with Gasteiger partial charge < -0.3 is 10.1 Å². The second-order valence-electron chi connectivity index (χ2n) is 5.42. The van der Waals surface area contributed by atoms with E-state index in [9.17, 15) is 13.2 Å². The number of carbonyl (C=O) groups excluding carboxylic acids is 1. The monoisotopic (exact) mass is 365 g/mol. The lowest BCUT2D eigenvalue weighted by atomic mass is 10.2. The van der Waals surface area contributed by atoms with Gasteiger partial charge in [-0.2, -0.15) is 19.3 Å². The fourth-order valence-electron chi connectivity index (χ4n) is 2.44. The first kappa shape index (κ1) is 17.5. The molecule has 9 nitrogen and oxygen atoms in total. The molecular weight excluding hydrogens is 346 g/mol. The molecular formula is C15H19N5O4S. The molecule has 1 saturated heterocycles. The summed E-state index contributed by atoms with van der Waals surface area (Å²) in [5.41, 5.74) is 0.398. The van der Waals surface area contributed by atoms with E-state index in [1.165, 1.54) is 33.4 Å². The van der Waals surface area contributed by atoms with Crippen LogP contribution >= 0.6 is 0 Å². The molecule has 0 unspecified atom stereocenters. The highest BCUT2D eigenvalue weighted by Gasteiger charge is 2.26. The number of amides is 1. The number of ether oxygens (including phenoxy) is 1. The van der Waals surface area contributed by atoms with E-state index in [2.05, 4.69) is 15.5 Å². The number of hydrogen-bond acceptors (Lipinski definition) is 6. The highest BCUT2D eigenvalue weighted by Crippen LogP contribution is 2.17. The molecule has 1 aliphatic rings. The van der Waals surface area contributed by atoms with Gasteiger partial charge in [0.1, 0.15) is 0 Å². The van der Waals surface area contributed by atoms with Crippen LogP contribution in [0.25, 0.3) is 0 Å². The maximum atomic E-state index is 12.5. The Bertz CT molecular complexity index is 799. The summed E-state index contributed by atoms with van der Waals surface area (Å²) >= 11 is 0. The van der Waals surface area contributed by atoms with Gasteiger partial charge in [-0.1, -0.05) is 0 Å². The molecule has 1 amide bonds. The minimum absolute atomic E-state index is 0.173. The minimum Gasteiger partial charge on any atom is -0.379 e. The van der Waals surface area contributed by atoms with Gasteiger partial charge in [-0.25, -0.2) is 8.42 Å². The number of sulfonamides is 1. The molecule has 0 atom stereocenters. The van der Waals surface area contributed by atoms with E-state index >= 15 is 0 Å². The van der Waals surface area contributed by atoms with Crippen molar-refractivity contribution in [3.8, 4) is 0 Å². The van der Waals surface area contributed by atoms with Gasteiger partial charge in [0, 0.05) is 25.2 Å². The number of rotatable bonds is 6. The van der Waals surface area contributed by atoms with Gasteiger partial charge in [0.05, 0.1) is 37.0 Å². The molecule has 0 spiro atoms. The molecule has 1 aliphatic heterocycles. The molecule has 2 heterocycles. The van der Waals surface area contributed by atoms with E-state index in [1.54, 1.807) is 12.4 Å². The van der Waals surface area contributed by atoms with Crippen LogP contribution in [0.5, 0.6) is 0 Å². The molecule has 2 aromatic rings. The fraction of sp³-hybridized carbons (Fsp3) is 0.400. The van der Waals surface area contributed by atoms with Crippen molar-refractivity contribution in [2.24, 2.45) is 0 Å². The van der Waals surface area contributed by atoms with Crippen molar-refractivity contribution in [1.82, 2.24) is 24.6 Å².